The third-order valence-corrected chi connectivity index (χ3v) is 2.33. The van der Waals surface area contributed by atoms with E-state index < -0.39 is 0 Å². The van der Waals surface area contributed by atoms with E-state index in [0.717, 1.165) is 26.1 Å². The van der Waals surface area contributed by atoms with Crippen LogP contribution in [-0.4, -0.2) is 44.2 Å². The topological polar surface area (TPSA) is 41.3 Å². The molecule has 74 valence electrons. The Kier molecular flexibility index (Phi) is 5.46. The second-order valence-corrected chi connectivity index (χ2v) is 4.03. The highest BCUT2D eigenvalue weighted by molar-refractivity contribution is 4.79. The van der Waals surface area contributed by atoms with Crippen molar-refractivity contribution in [3.8, 4) is 0 Å². The van der Waals surface area contributed by atoms with Crippen molar-refractivity contribution in [1.82, 2.24) is 10.2 Å². The van der Waals surface area contributed by atoms with E-state index in [0.29, 0.717) is 0 Å². The van der Waals surface area contributed by atoms with Crippen LogP contribution in [0.4, 0.5) is 0 Å². The van der Waals surface area contributed by atoms with Crippen LogP contribution in [0.3, 0.4) is 0 Å². The Morgan fingerprint density at radius 2 is 1.92 bits per heavy atom. The van der Waals surface area contributed by atoms with E-state index in [1.807, 2.05) is 0 Å². The quantitative estimate of drug-likeness (QED) is 0.566. The number of nitrogens with two attached hydrogens (primary N) is 1. The van der Waals surface area contributed by atoms with Gasteiger partial charge in [0.2, 0.25) is 0 Å². The molecule has 3 N–H and O–H groups in total. The van der Waals surface area contributed by atoms with Crippen molar-refractivity contribution in [3.05, 3.63) is 0 Å². The normalized spacial score (nSPS) is 12.5. The monoisotopic (exact) mass is 173 g/mol. The molecule has 0 rings (SSSR count). The van der Waals surface area contributed by atoms with Crippen molar-refractivity contribution in [2.75, 3.05) is 33.7 Å². The zero-order valence-corrected chi connectivity index (χ0v) is 8.85. The van der Waals surface area contributed by atoms with Crippen molar-refractivity contribution in [2.24, 2.45) is 5.73 Å². The number of hydrogen-bond acceptors (Lipinski definition) is 3. The molecule has 0 atom stereocenters. The molecule has 0 aliphatic rings. The highest BCUT2D eigenvalue weighted by Crippen LogP contribution is 2.07. The molecule has 0 heterocycles. The molecule has 0 bridgehead atoms. The van der Waals surface area contributed by atoms with E-state index in [1.54, 1.807) is 0 Å². The molecule has 12 heavy (non-hydrogen) atoms. The molecule has 0 spiro atoms. The van der Waals surface area contributed by atoms with Crippen LogP contribution in [-0.2, 0) is 0 Å². The average Bonchev–Trinajstić information content (AvgIpc) is 1.98. The van der Waals surface area contributed by atoms with Gasteiger partial charge in [0.15, 0.2) is 0 Å². The summed E-state index contributed by atoms with van der Waals surface area (Å²) in [6, 6.07) is 0. The van der Waals surface area contributed by atoms with Gasteiger partial charge in [0.05, 0.1) is 0 Å². The fourth-order valence-corrected chi connectivity index (χ4v) is 0.779. The van der Waals surface area contributed by atoms with E-state index in [9.17, 15) is 0 Å². The molecule has 0 unspecified atom stereocenters. The van der Waals surface area contributed by atoms with Gasteiger partial charge in [0.1, 0.15) is 0 Å². The average molecular weight is 173 g/mol. The lowest BCUT2D eigenvalue weighted by atomic mass is 10.0. The lowest BCUT2D eigenvalue weighted by Gasteiger charge is -2.32. The Labute approximate surface area is 76.3 Å². The van der Waals surface area contributed by atoms with E-state index >= 15 is 0 Å². The molecule has 0 saturated carbocycles. The predicted molar refractivity (Wildman–Crippen MR) is 54.3 cm³/mol. The summed E-state index contributed by atoms with van der Waals surface area (Å²) < 4.78 is 0. The summed E-state index contributed by atoms with van der Waals surface area (Å²) in [7, 11) is 4.20. The number of hydrogen-bond donors (Lipinski definition) is 2. The Bertz CT molecular complexity index is 110. The smallest absolute Gasteiger partial charge is 0.0271 e. The maximum Gasteiger partial charge on any atom is 0.0271 e. The van der Waals surface area contributed by atoms with Crippen LogP contribution in [0.1, 0.15) is 20.3 Å². The van der Waals surface area contributed by atoms with Crippen molar-refractivity contribution in [2.45, 2.75) is 25.8 Å². The second-order valence-electron chi connectivity index (χ2n) is 4.03. The summed E-state index contributed by atoms with van der Waals surface area (Å²) >= 11 is 0. The molecule has 0 aliphatic heterocycles. The molecule has 0 amide bonds. The first-order chi connectivity index (χ1) is 5.50. The largest absolute Gasteiger partial charge is 0.330 e. The zero-order valence-electron chi connectivity index (χ0n) is 8.85. The molecule has 3 nitrogen and oxygen atoms in total. The second kappa shape index (κ2) is 5.51. The Balaban J connectivity index is 3.47. The minimum atomic E-state index is 0.231. The Hall–Kier alpha value is -0.120. The van der Waals surface area contributed by atoms with Crippen molar-refractivity contribution < 1.29 is 0 Å². The van der Waals surface area contributed by atoms with Crippen LogP contribution in [0.25, 0.3) is 0 Å². The van der Waals surface area contributed by atoms with Gasteiger partial charge in [-0.15, -0.1) is 0 Å². The minimum absolute atomic E-state index is 0.231. The number of nitrogens with zero attached hydrogens (tertiary/aromatic N) is 1. The highest BCUT2D eigenvalue weighted by Gasteiger charge is 2.18. The predicted octanol–water partition coefficient (Wildman–Crippen LogP) is 0.265. The number of nitrogens with one attached hydrogen (secondary N) is 1. The minimum Gasteiger partial charge on any atom is -0.330 e. The summed E-state index contributed by atoms with van der Waals surface area (Å²) in [5.41, 5.74) is 5.62. The van der Waals surface area contributed by atoms with Gasteiger partial charge in [0, 0.05) is 12.1 Å². The molecule has 3 heteroatoms. The fraction of sp³-hybridized carbons (Fsp3) is 1.00. The van der Waals surface area contributed by atoms with E-state index in [4.69, 9.17) is 5.73 Å². The van der Waals surface area contributed by atoms with Crippen molar-refractivity contribution in [3.63, 3.8) is 0 Å². The number of rotatable bonds is 6. The maximum atomic E-state index is 5.39. The molecule has 0 radical (unpaired) electrons. The number of likely N-dealkylation sites (N-methyl/N-ethyl adjacent to an activating group) is 1. The first kappa shape index (κ1) is 11.9. The van der Waals surface area contributed by atoms with E-state index in [1.165, 1.54) is 0 Å². The van der Waals surface area contributed by atoms with Gasteiger partial charge in [-0.1, -0.05) is 0 Å². The molecule has 0 saturated heterocycles. The summed E-state index contributed by atoms with van der Waals surface area (Å²) in [6.07, 6.45) is 1.06. The van der Waals surface area contributed by atoms with Crippen molar-refractivity contribution >= 4 is 0 Å². The molecular formula is C9H23N3. The van der Waals surface area contributed by atoms with E-state index in [2.05, 4.69) is 38.2 Å². The third kappa shape index (κ3) is 4.70. The zero-order chi connectivity index (χ0) is 9.61. The summed E-state index contributed by atoms with van der Waals surface area (Å²) in [4.78, 5) is 2.22. The van der Waals surface area contributed by atoms with Gasteiger partial charge in [-0.2, -0.15) is 0 Å². The van der Waals surface area contributed by atoms with Gasteiger partial charge in [-0.25, -0.2) is 0 Å². The van der Waals surface area contributed by atoms with Gasteiger partial charge >= 0.3 is 0 Å². The van der Waals surface area contributed by atoms with E-state index in [-0.39, 0.29) is 5.54 Å². The first-order valence-electron chi connectivity index (χ1n) is 4.59. The Morgan fingerprint density at radius 1 is 1.33 bits per heavy atom. The summed E-state index contributed by atoms with van der Waals surface area (Å²) in [5.74, 6) is 0. The first-order valence-corrected chi connectivity index (χ1v) is 4.59. The highest BCUT2D eigenvalue weighted by atomic mass is 15.2. The van der Waals surface area contributed by atoms with Crippen LogP contribution in [0, 0.1) is 0 Å². The molecule has 0 fully saturated rings. The lowest BCUT2D eigenvalue weighted by molar-refractivity contribution is 0.190. The standard InChI is InChI=1S/C9H23N3/c1-9(2,12(3)4)8-11-7-5-6-10/h11H,5-8,10H2,1-4H3. The lowest BCUT2D eigenvalue weighted by Crippen LogP contribution is -2.47. The van der Waals surface area contributed by atoms with Crippen LogP contribution in [0.2, 0.25) is 0 Å². The summed E-state index contributed by atoms with van der Waals surface area (Å²) in [5, 5.41) is 3.39. The van der Waals surface area contributed by atoms with Crippen LogP contribution >= 0.6 is 0 Å². The van der Waals surface area contributed by atoms with Crippen LogP contribution in [0.5, 0.6) is 0 Å². The molecule has 0 aromatic carbocycles. The molecule has 0 aromatic heterocycles. The maximum absolute atomic E-state index is 5.39. The fourth-order valence-electron chi connectivity index (χ4n) is 0.779. The van der Waals surface area contributed by atoms with Gasteiger partial charge in [-0.05, 0) is 47.5 Å². The Morgan fingerprint density at radius 3 is 2.33 bits per heavy atom. The molecule has 0 aromatic rings. The van der Waals surface area contributed by atoms with Crippen LogP contribution in [0.15, 0.2) is 0 Å². The third-order valence-electron chi connectivity index (χ3n) is 2.33. The van der Waals surface area contributed by atoms with Gasteiger partial charge < -0.3 is 16.0 Å². The van der Waals surface area contributed by atoms with Crippen molar-refractivity contribution in [1.29, 1.82) is 0 Å². The molecule has 0 aliphatic carbocycles. The SMILES string of the molecule is CN(C)C(C)(C)CNCCCN. The van der Waals surface area contributed by atoms with Gasteiger partial charge in [-0.3, -0.25) is 0 Å². The van der Waals surface area contributed by atoms with Crippen LogP contribution < -0.4 is 11.1 Å². The van der Waals surface area contributed by atoms with Gasteiger partial charge in [0.25, 0.3) is 0 Å². The summed E-state index contributed by atoms with van der Waals surface area (Å²) in [6.45, 7) is 7.26. The molecular weight excluding hydrogens is 150 g/mol.